The van der Waals surface area contributed by atoms with Gasteiger partial charge in [-0.15, -0.1) is 15.3 Å². The summed E-state index contributed by atoms with van der Waals surface area (Å²) >= 11 is 0. The van der Waals surface area contributed by atoms with Crippen LogP contribution in [0.4, 0.5) is 85.3 Å². The number of rotatable bonds is 22. The fraction of sp³-hybridized carbons (Fsp3) is 0.0943. The van der Waals surface area contributed by atoms with E-state index in [0.29, 0.717) is 29.4 Å². The lowest BCUT2D eigenvalue weighted by atomic mass is 9.92. The van der Waals surface area contributed by atoms with Gasteiger partial charge < -0.3 is 31.3 Å². The van der Waals surface area contributed by atoms with E-state index in [1.807, 2.05) is 0 Å². The zero-order chi connectivity index (χ0) is 62.3. The van der Waals surface area contributed by atoms with Crippen LogP contribution in [0, 0.1) is 84.6 Å². The Morgan fingerprint density at radius 3 is 1.00 bits per heavy atom. The SMILES string of the molecule is Cc1cc(O)cc(Cc2cc(O)cc(Cc3cc(O)cc(Cc4cc(O)cc(C)c4NNc4cccc([N+](=O)[O-])c4)c3N=Nc3cc([N+](=O)[O-])cc([N+](=O)[O-])c3)c2N=Nc2cc([N+](=O)[O-])cc([N+](=O)[O-])c2)c1N=Nc1cc([N+](=O)[O-])cc([N+](=O)[O-])c1. The van der Waals surface area contributed by atoms with Gasteiger partial charge in [-0.05, 0) is 113 Å². The summed E-state index contributed by atoms with van der Waals surface area (Å²) in [6.07, 6.45) is -1.16. The van der Waals surface area contributed by atoms with E-state index in [4.69, 9.17) is 0 Å². The van der Waals surface area contributed by atoms with Crippen LogP contribution in [-0.2, 0) is 19.3 Å². The van der Waals surface area contributed by atoms with Gasteiger partial charge >= 0.3 is 0 Å². The second-order valence-corrected chi connectivity index (χ2v) is 18.6. The van der Waals surface area contributed by atoms with Gasteiger partial charge in [-0.2, -0.15) is 15.3 Å². The third kappa shape index (κ3) is 14.2. The van der Waals surface area contributed by atoms with E-state index >= 15 is 0 Å². The van der Waals surface area contributed by atoms with Crippen LogP contribution in [0.15, 0.2) is 158 Å². The average Bonchev–Trinajstić information content (AvgIpc) is 1.46. The fourth-order valence-corrected chi connectivity index (χ4v) is 8.86. The first-order chi connectivity index (χ1) is 40.8. The summed E-state index contributed by atoms with van der Waals surface area (Å²) in [7, 11) is 0. The average molecular weight is 1170 g/mol. The van der Waals surface area contributed by atoms with Gasteiger partial charge in [0.25, 0.3) is 39.8 Å². The Kier molecular flexibility index (Phi) is 17.2. The summed E-state index contributed by atoms with van der Waals surface area (Å²) < 4.78 is 0. The molecule has 0 heterocycles. The number of aromatic hydroxyl groups is 4. The molecule has 434 valence electrons. The number of azo groups is 3. The molecule has 33 heteroatoms. The number of nitrogens with one attached hydrogen (secondary N) is 2. The van der Waals surface area contributed by atoms with E-state index < -0.39 is 104 Å². The number of hydrogen-bond donors (Lipinski definition) is 6. The Labute approximate surface area is 479 Å². The molecule has 0 amide bonds. The van der Waals surface area contributed by atoms with Crippen molar-refractivity contribution < 1.29 is 54.9 Å². The number of aryl methyl sites for hydroxylation is 2. The summed E-state index contributed by atoms with van der Waals surface area (Å²) in [5.41, 5.74) is 1.38. The quantitative estimate of drug-likeness (QED) is 0.0159. The maximum absolute atomic E-state index is 11.9. The predicted octanol–water partition coefficient (Wildman–Crippen LogP) is 13.9. The van der Waals surface area contributed by atoms with Crippen LogP contribution in [0.5, 0.6) is 23.0 Å². The standard InChI is InChI=1S/C53H39N15O18/c1-27-6-46(69)11-29(50(27)58-54-35-4-3-5-39(17-35)62(73)74)8-31-13-48(71)15-33(52(31)60-56-37-20-42(65(79)80)25-43(21-37)66(81)82)10-34-16-49(72)14-32(53(34)61-57-38-22-44(67(83)84)26-45(23-38)68(85)86)9-30-12-47(70)7-28(2)51(30)59-55-36-18-40(63(75)76)24-41(19-36)64(77)78/h3-7,11-26,54,58,69-72H,8-10H2,1-2H3. The molecule has 0 aromatic heterocycles. The number of anilines is 2. The maximum atomic E-state index is 11.9. The Bertz CT molecular complexity index is 4170. The van der Waals surface area contributed by atoms with Crippen molar-refractivity contribution in [3.63, 3.8) is 0 Å². The van der Waals surface area contributed by atoms with Crippen molar-refractivity contribution in [1.82, 2.24) is 0 Å². The molecule has 0 bridgehead atoms. The lowest BCUT2D eigenvalue weighted by Gasteiger charge is -2.19. The first-order valence-electron chi connectivity index (χ1n) is 24.5. The smallest absolute Gasteiger partial charge is 0.278 e. The van der Waals surface area contributed by atoms with Crippen molar-refractivity contribution in [3.8, 4) is 23.0 Å². The number of nitro groups is 7. The number of nitrogens with zero attached hydrogens (tertiary/aromatic N) is 13. The molecule has 8 aromatic carbocycles. The first kappa shape index (κ1) is 59.3. The number of benzene rings is 8. The molecule has 0 fully saturated rings. The number of hydrogen-bond acceptors (Lipinski definition) is 26. The summed E-state index contributed by atoms with van der Waals surface area (Å²) in [6.45, 7) is 3.10. The van der Waals surface area contributed by atoms with E-state index in [0.717, 1.165) is 36.4 Å². The van der Waals surface area contributed by atoms with Crippen LogP contribution in [0.1, 0.15) is 44.5 Å². The minimum Gasteiger partial charge on any atom is -0.508 e. The molecule has 86 heavy (non-hydrogen) atoms. The monoisotopic (exact) mass is 1170 g/mol. The molecule has 0 spiro atoms. The Balaban J connectivity index is 1.33. The van der Waals surface area contributed by atoms with Crippen molar-refractivity contribution in [2.75, 3.05) is 10.9 Å². The Hall–Kier alpha value is -12.8. The minimum absolute atomic E-state index is 0.00231. The van der Waals surface area contributed by atoms with Gasteiger partial charge in [0.15, 0.2) is 0 Å². The molecule has 0 aliphatic heterocycles. The van der Waals surface area contributed by atoms with Crippen molar-refractivity contribution >= 4 is 85.3 Å². The molecule has 0 aliphatic rings. The minimum atomic E-state index is -0.915. The van der Waals surface area contributed by atoms with E-state index in [9.17, 15) is 91.2 Å². The van der Waals surface area contributed by atoms with E-state index in [1.165, 1.54) is 79.7 Å². The van der Waals surface area contributed by atoms with Crippen LogP contribution in [0.25, 0.3) is 0 Å². The summed E-state index contributed by atoms with van der Waals surface area (Å²) in [4.78, 5) is 76.7. The Morgan fingerprint density at radius 2 is 0.640 bits per heavy atom. The van der Waals surface area contributed by atoms with Crippen LogP contribution in [0.3, 0.4) is 0 Å². The van der Waals surface area contributed by atoms with E-state index in [1.54, 1.807) is 6.92 Å². The third-order valence-electron chi connectivity index (χ3n) is 12.5. The second kappa shape index (κ2) is 24.9. The van der Waals surface area contributed by atoms with Gasteiger partial charge in [0, 0.05) is 67.8 Å². The van der Waals surface area contributed by atoms with Crippen LogP contribution < -0.4 is 10.9 Å². The molecule has 8 rings (SSSR count). The van der Waals surface area contributed by atoms with E-state index in [2.05, 4.69) is 41.5 Å². The molecule has 0 unspecified atom stereocenters. The molecular weight excluding hydrogens is 1130 g/mol. The van der Waals surface area contributed by atoms with Crippen molar-refractivity contribution in [2.45, 2.75) is 33.1 Å². The molecule has 0 saturated heterocycles. The molecule has 8 aromatic rings. The fourth-order valence-electron chi connectivity index (χ4n) is 8.86. The molecule has 0 saturated carbocycles. The highest BCUT2D eigenvalue weighted by molar-refractivity contribution is 5.70. The molecule has 0 atom stereocenters. The number of phenols is 4. The van der Waals surface area contributed by atoms with Gasteiger partial charge in [0.2, 0.25) is 0 Å². The highest BCUT2D eigenvalue weighted by Gasteiger charge is 2.24. The van der Waals surface area contributed by atoms with Crippen LogP contribution in [0.2, 0.25) is 0 Å². The lowest BCUT2D eigenvalue weighted by Crippen LogP contribution is -2.12. The molecule has 6 N–H and O–H groups in total. The predicted molar refractivity (Wildman–Crippen MR) is 302 cm³/mol. The van der Waals surface area contributed by atoms with Crippen molar-refractivity contribution in [3.05, 3.63) is 243 Å². The summed E-state index contributed by atoms with van der Waals surface area (Å²) in [5.74, 6) is -1.53. The molecule has 0 aliphatic carbocycles. The maximum Gasteiger partial charge on any atom is 0.278 e. The number of phenolic OH excluding ortho intramolecular Hbond substituents is 4. The number of hydrazine groups is 1. The number of nitro benzene ring substituents is 7. The first-order valence-corrected chi connectivity index (χ1v) is 24.5. The van der Waals surface area contributed by atoms with Crippen molar-refractivity contribution in [1.29, 1.82) is 0 Å². The lowest BCUT2D eigenvalue weighted by molar-refractivity contribution is -0.394. The van der Waals surface area contributed by atoms with Gasteiger partial charge in [0.05, 0.1) is 98.2 Å². The zero-order valence-corrected chi connectivity index (χ0v) is 44.1. The van der Waals surface area contributed by atoms with E-state index in [-0.39, 0.29) is 91.0 Å². The normalized spacial score (nSPS) is 11.3. The zero-order valence-electron chi connectivity index (χ0n) is 44.1. The van der Waals surface area contributed by atoms with Gasteiger partial charge in [-0.3, -0.25) is 70.8 Å². The number of non-ortho nitro benzene ring substituents is 7. The highest BCUT2D eigenvalue weighted by Crippen LogP contribution is 2.43. The van der Waals surface area contributed by atoms with Crippen molar-refractivity contribution in [2.24, 2.45) is 30.7 Å². The summed E-state index contributed by atoms with van der Waals surface area (Å²) in [6, 6.07) is 22.9. The summed E-state index contributed by atoms with van der Waals surface area (Å²) in [5, 5.41) is 153. The van der Waals surface area contributed by atoms with Crippen LogP contribution in [-0.4, -0.2) is 54.9 Å². The van der Waals surface area contributed by atoms with Crippen LogP contribution >= 0.6 is 0 Å². The topological polar surface area (TPSA) is 481 Å². The van der Waals surface area contributed by atoms with Gasteiger partial charge in [-0.25, -0.2) is 0 Å². The van der Waals surface area contributed by atoms with Gasteiger partial charge in [0.1, 0.15) is 23.0 Å². The Morgan fingerprint density at radius 1 is 0.337 bits per heavy atom. The largest absolute Gasteiger partial charge is 0.508 e. The third-order valence-corrected chi connectivity index (χ3v) is 12.5. The molecular formula is C53H39N15O18. The molecule has 0 radical (unpaired) electrons. The highest BCUT2D eigenvalue weighted by atomic mass is 16.7. The van der Waals surface area contributed by atoms with Gasteiger partial charge in [-0.1, -0.05) is 6.07 Å². The second-order valence-electron chi connectivity index (χ2n) is 18.6. The molecule has 33 nitrogen and oxygen atoms in total.